The number of carbonyl (C=O) groups is 2. The average Bonchev–Trinajstić information content (AvgIpc) is 2.89. The van der Waals surface area contributed by atoms with E-state index in [9.17, 15) is 23.3 Å². The Hall–Kier alpha value is -4.62. The zero-order valence-electron chi connectivity index (χ0n) is 20.1. The van der Waals surface area contributed by atoms with Crippen LogP contribution in [0.15, 0.2) is 83.3 Å². The van der Waals surface area contributed by atoms with Crippen LogP contribution in [0.25, 0.3) is 6.08 Å². The highest BCUT2D eigenvalue weighted by atomic mass is 32.2. The van der Waals surface area contributed by atoms with Crippen molar-refractivity contribution in [3.63, 3.8) is 0 Å². The molecule has 3 aromatic carbocycles. The van der Waals surface area contributed by atoms with Gasteiger partial charge in [-0.25, -0.2) is 4.79 Å². The monoisotopic (exact) mass is 520 g/mol. The number of rotatable bonds is 10. The van der Waals surface area contributed by atoms with Crippen LogP contribution in [0.3, 0.4) is 0 Å². The third kappa shape index (κ3) is 7.19. The lowest BCUT2D eigenvalue weighted by atomic mass is 10.1. The molecule has 190 valence electrons. The van der Waals surface area contributed by atoms with Crippen molar-refractivity contribution in [2.45, 2.75) is 18.7 Å². The molecule has 0 saturated carbocycles. The SMILES string of the molecule is CCOC(=O)c1ccc(NC(=O)/C(C#N)=C/c2ccc(OS(=O)(=O)c3ccccc3)c(OCC)c2)cc1. The number of carbonyl (C=O) groups excluding carboxylic acids is 2. The van der Waals surface area contributed by atoms with Crippen molar-refractivity contribution in [1.29, 1.82) is 5.26 Å². The van der Waals surface area contributed by atoms with Gasteiger partial charge in [-0.1, -0.05) is 24.3 Å². The van der Waals surface area contributed by atoms with Gasteiger partial charge in [0, 0.05) is 5.69 Å². The third-order valence-corrected chi connectivity index (χ3v) is 6.08. The zero-order valence-corrected chi connectivity index (χ0v) is 20.9. The van der Waals surface area contributed by atoms with E-state index in [0.717, 1.165) is 0 Å². The Morgan fingerprint density at radius 1 is 0.946 bits per heavy atom. The lowest BCUT2D eigenvalue weighted by molar-refractivity contribution is -0.112. The van der Waals surface area contributed by atoms with Crippen molar-refractivity contribution < 1.29 is 31.7 Å². The van der Waals surface area contributed by atoms with Crippen LogP contribution in [0.2, 0.25) is 0 Å². The molecule has 0 heterocycles. The molecule has 0 atom stereocenters. The summed E-state index contributed by atoms with van der Waals surface area (Å²) < 4.78 is 41.0. The maximum atomic E-state index is 12.7. The summed E-state index contributed by atoms with van der Waals surface area (Å²) in [5.74, 6) is -1.06. The number of hydrogen-bond donors (Lipinski definition) is 1. The summed E-state index contributed by atoms with van der Waals surface area (Å²) in [6.07, 6.45) is 1.33. The maximum Gasteiger partial charge on any atom is 0.339 e. The number of hydrogen-bond acceptors (Lipinski definition) is 8. The quantitative estimate of drug-likeness (QED) is 0.178. The van der Waals surface area contributed by atoms with Gasteiger partial charge in [-0.3, -0.25) is 4.79 Å². The van der Waals surface area contributed by atoms with E-state index in [2.05, 4.69) is 5.32 Å². The number of amides is 1. The molecule has 0 aliphatic carbocycles. The summed E-state index contributed by atoms with van der Waals surface area (Å²) in [4.78, 5) is 24.4. The van der Waals surface area contributed by atoms with E-state index < -0.39 is 22.0 Å². The number of nitrogens with one attached hydrogen (secondary N) is 1. The van der Waals surface area contributed by atoms with Crippen LogP contribution in [0.4, 0.5) is 5.69 Å². The zero-order chi connectivity index (χ0) is 26.8. The van der Waals surface area contributed by atoms with Gasteiger partial charge in [-0.2, -0.15) is 13.7 Å². The fourth-order valence-corrected chi connectivity index (χ4v) is 4.08. The van der Waals surface area contributed by atoms with E-state index in [-0.39, 0.29) is 35.2 Å². The Bertz CT molecular complexity index is 1440. The summed E-state index contributed by atoms with van der Waals surface area (Å²) in [6, 6.07) is 19.9. The van der Waals surface area contributed by atoms with Gasteiger partial charge in [0.15, 0.2) is 11.5 Å². The number of anilines is 1. The Morgan fingerprint density at radius 3 is 2.27 bits per heavy atom. The molecule has 0 aromatic heterocycles. The van der Waals surface area contributed by atoms with E-state index in [0.29, 0.717) is 16.8 Å². The average molecular weight is 521 g/mol. The van der Waals surface area contributed by atoms with Crippen LogP contribution in [0, 0.1) is 11.3 Å². The maximum absolute atomic E-state index is 12.7. The Labute approximate surface area is 215 Å². The minimum Gasteiger partial charge on any atom is -0.490 e. The Balaban J connectivity index is 1.80. The standard InChI is InChI=1S/C27H24N2O7S/c1-3-34-25-17-19(10-15-24(25)36-37(32,33)23-8-6-5-7-9-23)16-21(18-28)26(30)29-22-13-11-20(12-14-22)27(31)35-4-2/h5-17H,3-4H2,1-2H3,(H,29,30)/b21-16+. The first-order valence-electron chi connectivity index (χ1n) is 11.2. The highest BCUT2D eigenvalue weighted by molar-refractivity contribution is 7.87. The van der Waals surface area contributed by atoms with Gasteiger partial charge < -0.3 is 19.0 Å². The van der Waals surface area contributed by atoms with Crippen LogP contribution >= 0.6 is 0 Å². The van der Waals surface area contributed by atoms with Gasteiger partial charge in [-0.05, 0) is 74.0 Å². The van der Waals surface area contributed by atoms with Crippen molar-refractivity contribution in [3.05, 3.63) is 89.5 Å². The number of nitrogens with zero attached hydrogens (tertiary/aromatic N) is 1. The first kappa shape index (κ1) is 27.0. The van der Waals surface area contributed by atoms with E-state index in [1.807, 2.05) is 6.07 Å². The lowest BCUT2D eigenvalue weighted by Crippen LogP contribution is -2.14. The van der Waals surface area contributed by atoms with Crippen molar-refractivity contribution in [2.75, 3.05) is 18.5 Å². The molecule has 0 fully saturated rings. The molecule has 0 unspecified atom stereocenters. The summed E-state index contributed by atoms with van der Waals surface area (Å²) in [6.45, 7) is 3.89. The number of ether oxygens (including phenoxy) is 2. The fraction of sp³-hybridized carbons (Fsp3) is 0.148. The molecular formula is C27H24N2O7S. The molecule has 1 amide bonds. The van der Waals surface area contributed by atoms with Crippen molar-refractivity contribution in [3.8, 4) is 17.6 Å². The summed E-state index contributed by atoms with van der Waals surface area (Å²) in [7, 11) is -4.10. The van der Waals surface area contributed by atoms with E-state index in [1.54, 1.807) is 32.0 Å². The molecule has 0 bridgehead atoms. The molecule has 0 aliphatic heterocycles. The van der Waals surface area contributed by atoms with Gasteiger partial charge in [0.05, 0.1) is 18.8 Å². The van der Waals surface area contributed by atoms with E-state index >= 15 is 0 Å². The van der Waals surface area contributed by atoms with Gasteiger partial charge in [0.2, 0.25) is 0 Å². The predicted molar refractivity (Wildman–Crippen MR) is 136 cm³/mol. The largest absolute Gasteiger partial charge is 0.490 e. The molecule has 0 saturated heterocycles. The molecule has 3 rings (SSSR count). The Kier molecular flexibility index (Phi) is 9.02. The second-order valence-corrected chi connectivity index (χ2v) is 8.96. The van der Waals surface area contributed by atoms with Gasteiger partial charge in [-0.15, -0.1) is 0 Å². The molecule has 0 spiro atoms. The molecular weight excluding hydrogens is 496 g/mol. The van der Waals surface area contributed by atoms with Crippen LogP contribution in [-0.4, -0.2) is 33.5 Å². The van der Waals surface area contributed by atoms with Crippen molar-refractivity contribution in [1.82, 2.24) is 0 Å². The van der Waals surface area contributed by atoms with Crippen LogP contribution in [0.5, 0.6) is 11.5 Å². The topological polar surface area (TPSA) is 132 Å². The normalized spacial score (nSPS) is 11.2. The Morgan fingerprint density at radius 2 is 1.65 bits per heavy atom. The number of benzene rings is 3. The van der Waals surface area contributed by atoms with Gasteiger partial charge >= 0.3 is 16.1 Å². The second kappa shape index (κ2) is 12.4. The molecule has 10 heteroatoms. The van der Waals surface area contributed by atoms with Crippen LogP contribution < -0.4 is 14.2 Å². The fourth-order valence-electron chi connectivity index (χ4n) is 3.12. The van der Waals surface area contributed by atoms with Crippen LogP contribution in [-0.2, 0) is 19.6 Å². The van der Waals surface area contributed by atoms with Crippen molar-refractivity contribution in [2.24, 2.45) is 0 Å². The van der Waals surface area contributed by atoms with Gasteiger partial charge in [0.25, 0.3) is 5.91 Å². The van der Waals surface area contributed by atoms with Crippen LogP contribution in [0.1, 0.15) is 29.8 Å². The van der Waals surface area contributed by atoms with E-state index in [1.165, 1.54) is 60.7 Å². The lowest BCUT2D eigenvalue weighted by Gasteiger charge is -2.13. The predicted octanol–water partition coefficient (Wildman–Crippen LogP) is 4.58. The van der Waals surface area contributed by atoms with E-state index in [4.69, 9.17) is 13.7 Å². The summed E-state index contributed by atoms with van der Waals surface area (Å²) in [5.41, 5.74) is 0.916. The second-order valence-electron chi connectivity index (χ2n) is 7.41. The smallest absolute Gasteiger partial charge is 0.339 e. The molecule has 0 radical (unpaired) electrons. The summed E-state index contributed by atoms with van der Waals surface area (Å²) >= 11 is 0. The number of esters is 1. The first-order chi connectivity index (χ1) is 17.8. The molecule has 3 aromatic rings. The summed E-state index contributed by atoms with van der Waals surface area (Å²) in [5, 5.41) is 12.1. The third-order valence-electron chi connectivity index (χ3n) is 4.83. The molecule has 1 N–H and O–H groups in total. The highest BCUT2D eigenvalue weighted by Gasteiger charge is 2.19. The molecule has 9 nitrogen and oxygen atoms in total. The minimum absolute atomic E-state index is 0.0138. The van der Waals surface area contributed by atoms with Crippen molar-refractivity contribution >= 4 is 33.8 Å². The molecule has 37 heavy (non-hydrogen) atoms. The number of nitriles is 1. The molecule has 0 aliphatic rings. The van der Waals surface area contributed by atoms with Gasteiger partial charge in [0.1, 0.15) is 16.5 Å². The highest BCUT2D eigenvalue weighted by Crippen LogP contribution is 2.32. The minimum atomic E-state index is -4.10. The first-order valence-corrected chi connectivity index (χ1v) is 12.6.